The molecule has 1 aromatic heterocycles. The number of aromatic nitrogens is 1. The second-order valence-corrected chi connectivity index (χ2v) is 5.58. The summed E-state index contributed by atoms with van der Waals surface area (Å²) in [6.45, 7) is 6.10. The lowest BCUT2D eigenvalue weighted by Crippen LogP contribution is -2.38. The van der Waals surface area contributed by atoms with Crippen LogP contribution in [0.5, 0.6) is 5.75 Å². The van der Waals surface area contributed by atoms with Crippen molar-refractivity contribution < 1.29 is 18.4 Å². The van der Waals surface area contributed by atoms with Crippen molar-refractivity contribution in [2.24, 2.45) is 0 Å². The maximum Gasteiger partial charge on any atom is 0.318 e. The number of nitrogens with one attached hydrogen (secondary N) is 1. The monoisotopic (exact) mass is 335 g/mol. The number of amides is 2. The Morgan fingerprint density at radius 2 is 2.21 bits per heavy atom. The highest BCUT2D eigenvalue weighted by atomic mass is 19.1. The molecule has 0 aliphatic heterocycles. The molecule has 0 saturated heterocycles. The van der Waals surface area contributed by atoms with Gasteiger partial charge in [0.25, 0.3) is 0 Å². The van der Waals surface area contributed by atoms with E-state index in [0.29, 0.717) is 24.5 Å². The minimum atomic E-state index is -0.444. The lowest BCUT2D eigenvalue weighted by atomic mass is 10.1. The maximum atomic E-state index is 13.9. The number of halogens is 1. The van der Waals surface area contributed by atoms with Gasteiger partial charge in [-0.3, -0.25) is 0 Å². The van der Waals surface area contributed by atoms with Gasteiger partial charge in [0.1, 0.15) is 0 Å². The van der Waals surface area contributed by atoms with Gasteiger partial charge < -0.3 is 19.5 Å². The number of rotatable bonds is 6. The van der Waals surface area contributed by atoms with Gasteiger partial charge in [0.15, 0.2) is 17.3 Å². The van der Waals surface area contributed by atoms with Crippen molar-refractivity contribution in [1.29, 1.82) is 0 Å². The van der Waals surface area contributed by atoms with E-state index in [1.165, 1.54) is 11.0 Å². The van der Waals surface area contributed by atoms with Crippen LogP contribution in [0.1, 0.15) is 36.9 Å². The van der Waals surface area contributed by atoms with Crippen LogP contribution in [0.25, 0.3) is 0 Å². The van der Waals surface area contributed by atoms with Gasteiger partial charge in [0, 0.05) is 13.1 Å². The lowest BCUT2D eigenvalue weighted by molar-refractivity contribution is 0.197. The molecule has 0 radical (unpaired) electrons. The molecule has 0 bridgehead atoms. The van der Waals surface area contributed by atoms with Gasteiger partial charge in [0.05, 0.1) is 24.9 Å². The molecule has 2 rings (SSSR count). The molecule has 2 aromatic rings. The molecule has 24 heavy (non-hydrogen) atoms. The Morgan fingerprint density at radius 1 is 1.46 bits per heavy atom. The fourth-order valence-corrected chi connectivity index (χ4v) is 2.23. The van der Waals surface area contributed by atoms with E-state index >= 15 is 0 Å². The highest BCUT2D eigenvalue weighted by molar-refractivity contribution is 5.74. The van der Waals surface area contributed by atoms with Crippen molar-refractivity contribution in [2.45, 2.75) is 33.4 Å². The van der Waals surface area contributed by atoms with Crippen molar-refractivity contribution in [1.82, 2.24) is 15.4 Å². The molecule has 0 saturated carbocycles. The average molecular weight is 335 g/mol. The first-order chi connectivity index (χ1) is 11.4. The third-order valence-corrected chi connectivity index (χ3v) is 3.51. The fourth-order valence-electron chi connectivity index (χ4n) is 2.23. The molecule has 6 nitrogen and oxygen atoms in total. The van der Waals surface area contributed by atoms with Crippen molar-refractivity contribution in [3.8, 4) is 5.75 Å². The van der Waals surface area contributed by atoms with Gasteiger partial charge in [-0.05, 0) is 38.5 Å². The molecule has 130 valence electrons. The van der Waals surface area contributed by atoms with Crippen LogP contribution in [0.4, 0.5) is 9.18 Å². The normalized spacial score (nSPS) is 11.9. The predicted molar refractivity (Wildman–Crippen MR) is 87.2 cm³/mol. The predicted octanol–water partition coefficient (Wildman–Crippen LogP) is 3.42. The Kier molecular flexibility index (Phi) is 5.78. The Hall–Kier alpha value is -2.57. The van der Waals surface area contributed by atoms with Crippen molar-refractivity contribution in [3.05, 3.63) is 47.1 Å². The summed E-state index contributed by atoms with van der Waals surface area (Å²) in [4.78, 5) is 13.7. The third-order valence-electron chi connectivity index (χ3n) is 3.51. The standard InChI is InChI=1S/C17H22FN3O3/c1-5-23-16-7-6-13(9-15(16)18)12(3)19-17(22)21(4)10-14-8-11(2)20-24-14/h6-9,12H,5,10H2,1-4H3,(H,19,22). The second-order valence-electron chi connectivity index (χ2n) is 5.58. The van der Waals surface area contributed by atoms with Crippen molar-refractivity contribution in [3.63, 3.8) is 0 Å². The van der Waals surface area contributed by atoms with Crippen LogP contribution in [0.15, 0.2) is 28.8 Å². The van der Waals surface area contributed by atoms with Crippen LogP contribution in [0, 0.1) is 12.7 Å². The smallest absolute Gasteiger partial charge is 0.318 e. The Balaban J connectivity index is 1.96. The van der Waals surface area contributed by atoms with Crippen molar-refractivity contribution >= 4 is 6.03 Å². The maximum absolute atomic E-state index is 13.9. The minimum Gasteiger partial charge on any atom is -0.491 e. The average Bonchev–Trinajstić information content (AvgIpc) is 2.94. The summed E-state index contributed by atoms with van der Waals surface area (Å²) in [5.41, 5.74) is 1.42. The fraction of sp³-hybridized carbons (Fsp3) is 0.412. The molecule has 2 amide bonds. The molecule has 7 heteroatoms. The summed E-state index contributed by atoms with van der Waals surface area (Å²) in [7, 11) is 1.65. The molecule has 0 aliphatic carbocycles. The SMILES string of the molecule is CCOc1ccc(C(C)NC(=O)N(C)Cc2cc(C)no2)cc1F. The Bertz CT molecular complexity index is 702. The summed E-state index contributed by atoms with van der Waals surface area (Å²) in [6.07, 6.45) is 0. The summed E-state index contributed by atoms with van der Waals surface area (Å²) in [6, 6.07) is 5.81. The van der Waals surface area contributed by atoms with Crippen LogP contribution < -0.4 is 10.1 Å². The van der Waals surface area contributed by atoms with Crippen LogP contribution in [0.3, 0.4) is 0 Å². The van der Waals surface area contributed by atoms with E-state index in [4.69, 9.17) is 9.26 Å². The number of nitrogens with zero attached hydrogens (tertiary/aromatic N) is 2. The first kappa shape index (κ1) is 17.8. The van der Waals surface area contributed by atoms with Crippen molar-refractivity contribution in [2.75, 3.05) is 13.7 Å². The van der Waals surface area contributed by atoms with Gasteiger partial charge in [-0.2, -0.15) is 0 Å². The van der Waals surface area contributed by atoms with E-state index in [9.17, 15) is 9.18 Å². The number of aryl methyl sites for hydroxylation is 1. The van der Waals surface area contributed by atoms with Crippen LogP contribution in [-0.4, -0.2) is 29.7 Å². The largest absolute Gasteiger partial charge is 0.491 e. The number of urea groups is 1. The molecular formula is C17H22FN3O3. The highest BCUT2D eigenvalue weighted by Crippen LogP contribution is 2.22. The lowest BCUT2D eigenvalue weighted by Gasteiger charge is -2.21. The molecule has 1 heterocycles. The van der Waals surface area contributed by atoms with E-state index in [2.05, 4.69) is 10.5 Å². The van der Waals surface area contributed by atoms with Crippen LogP contribution >= 0.6 is 0 Å². The zero-order valence-electron chi connectivity index (χ0n) is 14.3. The highest BCUT2D eigenvalue weighted by Gasteiger charge is 2.16. The number of hydrogen-bond acceptors (Lipinski definition) is 4. The van der Waals surface area contributed by atoms with Gasteiger partial charge in [0.2, 0.25) is 0 Å². The molecule has 1 atom stereocenters. The van der Waals surface area contributed by atoms with E-state index < -0.39 is 5.82 Å². The van der Waals surface area contributed by atoms with Gasteiger partial charge >= 0.3 is 6.03 Å². The zero-order chi connectivity index (χ0) is 17.7. The van der Waals surface area contributed by atoms with E-state index in [1.54, 1.807) is 39.1 Å². The first-order valence-electron chi connectivity index (χ1n) is 7.76. The molecule has 1 N–H and O–H groups in total. The summed E-state index contributed by atoms with van der Waals surface area (Å²) >= 11 is 0. The minimum absolute atomic E-state index is 0.206. The van der Waals surface area contributed by atoms with Crippen LogP contribution in [0.2, 0.25) is 0 Å². The third kappa shape index (κ3) is 4.47. The van der Waals surface area contributed by atoms with Crippen LogP contribution in [-0.2, 0) is 6.54 Å². The number of carbonyl (C=O) groups excluding carboxylic acids is 1. The molecule has 0 aliphatic rings. The van der Waals surface area contributed by atoms with E-state index in [1.807, 2.05) is 6.92 Å². The molecule has 0 fully saturated rings. The van der Waals surface area contributed by atoms with Gasteiger partial charge in [-0.1, -0.05) is 11.2 Å². The number of ether oxygens (including phenoxy) is 1. The zero-order valence-corrected chi connectivity index (χ0v) is 14.3. The molecule has 0 spiro atoms. The summed E-state index contributed by atoms with van der Waals surface area (Å²) < 4.78 is 24.2. The first-order valence-corrected chi connectivity index (χ1v) is 7.76. The summed E-state index contributed by atoms with van der Waals surface area (Å²) in [5, 5.41) is 6.60. The molecule has 1 unspecified atom stereocenters. The topological polar surface area (TPSA) is 67.6 Å². The van der Waals surface area contributed by atoms with Gasteiger partial charge in [-0.15, -0.1) is 0 Å². The van der Waals surface area contributed by atoms with Gasteiger partial charge in [-0.25, -0.2) is 9.18 Å². The Labute approximate surface area is 140 Å². The number of carbonyl (C=O) groups is 1. The Morgan fingerprint density at radius 3 is 2.79 bits per heavy atom. The summed E-state index contributed by atoms with van der Waals surface area (Å²) in [5.74, 6) is 0.364. The second kappa shape index (κ2) is 7.81. The van der Waals surface area contributed by atoms with E-state index in [-0.39, 0.29) is 17.8 Å². The molecular weight excluding hydrogens is 313 g/mol. The van der Waals surface area contributed by atoms with E-state index in [0.717, 1.165) is 5.69 Å². The number of hydrogen-bond donors (Lipinski definition) is 1. The number of benzene rings is 1. The quantitative estimate of drug-likeness (QED) is 0.878. The molecule has 1 aromatic carbocycles.